The predicted octanol–water partition coefficient (Wildman–Crippen LogP) is 3.90. The van der Waals surface area contributed by atoms with Gasteiger partial charge in [-0.3, -0.25) is 4.79 Å². The Hall–Kier alpha value is -1.74. The minimum atomic E-state index is -0.0266. The van der Waals surface area contributed by atoms with Crippen LogP contribution in [0.25, 0.3) is 0 Å². The van der Waals surface area contributed by atoms with Crippen molar-refractivity contribution in [2.75, 3.05) is 6.26 Å². The topological polar surface area (TPSA) is 29.1 Å². The van der Waals surface area contributed by atoms with Gasteiger partial charge in [-0.05, 0) is 30.9 Å². The van der Waals surface area contributed by atoms with Gasteiger partial charge < -0.3 is 5.32 Å². The van der Waals surface area contributed by atoms with Crippen molar-refractivity contribution < 1.29 is 4.79 Å². The van der Waals surface area contributed by atoms with E-state index in [1.54, 1.807) is 11.8 Å². The molecule has 0 unspecified atom stereocenters. The molecular formula is C16H17NOS. The fourth-order valence-corrected chi connectivity index (χ4v) is 2.53. The molecule has 0 saturated heterocycles. The van der Waals surface area contributed by atoms with Crippen molar-refractivity contribution >= 4 is 17.7 Å². The van der Waals surface area contributed by atoms with Crippen molar-refractivity contribution in [1.29, 1.82) is 0 Å². The molecule has 2 aromatic carbocycles. The summed E-state index contributed by atoms with van der Waals surface area (Å²) in [5.41, 5.74) is 1.84. The van der Waals surface area contributed by atoms with Gasteiger partial charge in [0.05, 0.1) is 11.6 Å². The van der Waals surface area contributed by atoms with Crippen LogP contribution in [-0.2, 0) is 0 Å². The van der Waals surface area contributed by atoms with Gasteiger partial charge in [-0.1, -0.05) is 42.5 Å². The Labute approximate surface area is 118 Å². The van der Waals surface area contributed by atoms with E-state index in [1.807, 2.05) is 67.8 Å². The molecule has 98 valence electrons. The molecule has 0 bridgehead atoms. The molecule has 0 aromatic heterocycles. The van der Waals surface area contributed by atoms with Crippen LogP contribution in [-0.4, -0.2) is 12.2 Å². The monoisotopic (exact) mass is 271 g/mol. The Bertz CT molecular complexity index is 554. The van der Waals surface area contributed by atoms with Crippen LogP contribution in [0.2, 0.25) is 0 Å². The number of nitrogens with one attached hydrogen (secondary N) is 1. The van der Waals surface area contributed by atoms with E-state index in [1.165, 1.54) is 0 Å². The Morgan fingerprint density at radius 2 is 1.68 bits per heavy atom. The number of carbonyl (C=O) groups excluding carboxylic acids is 1. The lowest BCUT2D eigenvalue weighted by Crippen LogP contribution is -2.27. The van der Waals surface area contributed by atoms with Gasteiger partial charge in [-0.2, -0.15) is 0 Å². The van der Waals surface area contributed by atoms with Gasteiger partial charge >= 0.3 is 0 Å². The number of benzene rings is 2. The maximum absolute atomic E-state index is 12.3. The summed E-state index contributed by atoms with van der Waals surface area (Å²) in [6, 6.07) is 17.6. The standard InChI is InChI=1S/C16H17NOS/c1-12(13-8-4-3-5-9-13)17-16(18)14-10-6-7-11-15(14)19-2/h3-12H,1-2H3,(H,17,18)/t12-/m0/s1. The second-order valence-electron chi connectivity index (χ2n) is 4.31. The highest BCUT2D eigenvalue weighted by molar-refractivity contribution is 7.98. The van der Waals surface area contributed by atoms with Crippen molar-refractivity contribution in [1.82, 2.24) is 5.32 Å². The van der Waals surface area contributed by atoms with Gasteiger partial charge in [0, 0.05) is 4.90 Å². The SMILES string of the molecule is CSc1ccccc1C(=O)N[C@@H](C)c1ccccc1. The molecule has 2 rings (SSSR count). The largest absolute Gasteiger partial charge is 0.345 e. The first-order valence-corrected chi connectivity index (χ1v) is 7.43. The molecule has 3 heteroatoms. The van der Waals surface area contributed by atoms with E-state index >= 15 is 0 Å². The Morgan fingerprint density at radius 3 is 2.37 bits per heavy atom. The molecule has 1 atom stereocenters. The minimum Gasteiger partial charge on any atom is -0.345 e. The van der Waals surface area contributed by atoms with Crippen LogP contribution in [0.15, 0.2) is 59.5 Å². The van der Waals surface area contributed by atoms with E-state index in [0.29, 0.717) is 0 Å². The summed E-state index contributed by atoms with van der Waals surface area (Å²) in [5.74, 6) is -0.0266. The summed E-state index contributed by atoms with van der Waals surface area (Å²) in [4.78, 5) is 13.3. The molecule has 0 fully saturated rings. The first-order chi connectivity index (χ1) is 9.22. The van der Waals surface area contributed by atoms with Crippen molar-refractivity contribution in [2.24, 2.45) is 0 Å². The number of hydrogen-bond acceptors (Lipinski definition) is 2. The molecule has 0 aliphatic carbocycles. The van der Waals surface area contributed by atoms with Crippen LogP contribution in [0.5, 0.6) is 0 Å². The summed E-state index contributed by atoms with van der Waals surface area (Å²) in [6.07, 6.45) is 1.98. The van der Waals surface area contributed by atoms with Gasteiger partial charge in [-0.15, -0.1) is 11.8 Å². The van der Waals surface area contributed by atoms with Crippen LogP contribution in [0, 0.1) is 0 Å². The summed E-state index contributed by atoms with van der Waals surface area (Å²) in [5, 5.41) is 3.03. The normalized spacial score (nSPS) is 11.9. The number of rotatable bonds is 4. The van der Waals surface area contributed by atoms with Gasteiger partial charge in [0.15, 0.2) is 0 Å². The van der Waals surface area contributed by atoms with E-state index in [4.69, 9.17) is 0 Å². The van der Waals surface area contributed by atoms with Crippen LogP contribution < -0.4 is 5.32 Å². The van der Waals surface area contributed by atoms with Crippen molar-refractivity contribution in [3.05, 3.63) is 65.7 Å². The number of hydrogen-bond donors (Lipinski definition) is 1. The highest BCUT2D eigenvalue weighted by Crippen LogP contribution is 2.21. The van der Waals surface area contributed by atoms with Crippen molar-refractivity contribution in [2.45, 2.75) is 17.9 Å². The zero-order valence-electron chi connectivity index (χ0n) is 11.1. The van der Waals surface area contributed by atoms with Crippen LogP contribution in [0.3, 0.4) is 0 Å². The highest BCUT2D eigenvalue weighted by Gasteiger charge is 2.13. The average molecular weight is 271 g/mol. The maximum atomic E-state index is 12.3. The minimum absolute atomic E-state index is 0.00334. The summed E-state index contributed by atoms with van der Waals surface area (Å²) < 4.78 is 0. The zero-order chi connectivity index (χ0) is 13.7. The lowest BCUT2D eigenvalue weighted by atomic mass is 10.1. The van der Waals surface area contributed by atoms with Crippen LogP contribution >= 0.6 is 11.8 Å². The lowest BCUT2D eigenvalue weighted by molar-refractivity contribution is 0.0937. The molecule has 0 aliphatic rings. The first kappa shape index (κ1) is 13.7. The molecule has 0 saturated carbocycles. The predicted molar refractivity (Wildman–Crippen MR) is 80.5 cm³/mol. The zero-order valence-corrected chi connectivity index (χ0v) is 11.9. The molecule has 2 aromatic rings. The van der Waals surface area contributed by atoms with E-state index in [0.717, 1.165) is 16.0 Å². The summed E-state index contributed by atoms with van der Waals surface area (Å²) >= 11 is 1.59. The summed E-state index contributed by atoms with van der Waals surface area (Å²) in [7, 11) is 0. The fraction of sp³-hybridized carbons (Fsp3) is 0.188. The Balaban J connectivity index is 2.13. The lowest BCUT2D eigenvalue weighted by Gasteiger charge is -2.15. The van der Waals surface area contributed by atoms with Gasteiger partial charge in [-0.25, -0.2) is 0 Å². The van der Waals surface area contributed by atoms with Gasteiger partial charge in [0.2, 0.25) is 0 Å². The van der Waals surface area contributed by atoms with Gasteiger partial charge in [0.25, 0.3) is 5.91 Å². The van der Waals surface area contributed by atoms with E-state index < -0.39 is 0 Å². The molecule has 0 heterocycles. The Morgan fingerprint density at radius 1 is 1.05 bits per heavy atom. The molecule has 0 radical (unpaired) electrons. The molecule has 0 aliphatic heterocycles. The number of thioether (sulfide) groups is 1. The third-order valence-corrected chi connectivity index (χ3v) is 3.79. The van der Waals surface area contributed by atoms with Gasteiger partial charge in [0.1, 0.15) is 0 Å². The quantitative estimate of drug-likeness (QED) is 0.854. The second kappa shape index (κ2) is 6.43. The van der Waals surface area contributed by atoms with Crippen LogP contribution in [0.1, 0.15) is 28.9 Å². The summed E-state index contributed by atoms with van der Waals surface area (Å²) in [6.45, 7) is 1.99. The fourth-order valence-electron chi connectivity index (χ4n) is 1.93. The molecule has 2 nitrogen and oxygen atoms in total. The number of carbonyl (C=O) groups is 1. The molecule has 1 N–H and O–H groups in total. The third-order valence-electron chi connectivity index (χ3n) is 3.00. The van der Waals surface area contributed by atoms with Crippen molar-refractivity contribution in [3.63, 3.8) is 0 Å². The molecular weight excluding hydrogens is 254 g/mol. The first-order valence-electron chi connectivity index (χ1n) is 6.21. The van der Waals surface area contributed by atoms with E-state index in [9.17, 15) is 4.79 Å². The Kier molecular flexibility index (Phi) is 4.63. The second-order valence-corrected chi connectivity index (χ2v) is 5.15. The average Bonchev–Trinajstić information content (AvgIpc) is 2.48. The van der Waals surface area contributed by atoms with E-state index in [-0.39, 0.29) is 11.9 Å². The smallest absolute Gasteiger partial charge is 0.252 e. The number of amides is 1. The third kappa shape index (κ3) is 3.38. The molecule has 0 spiro atoms. The van der Waals surface area contributed by atoms with E-state index in [2.05, 4.69) is 5.32 Å². The van der Waals surface area contributed by atoms with Crippen LogP contribution in [0.4, 0.5) is 0 Å². The maximum Gasteiger partial charge on any atom is 0.252 e. The molecule has 19 heavy (non-hydrogen) atoms. The highest BCUT2D eigenvalue weighted by atomic mass is 32.2. The van der Waals surface area contributed by atoms with Crippen molar-refractivity contribution in [3.8, 4) is 0 Å². The molecule has 1 amide bonds.